The Morgan fingerprint density at radius 3 is 1.94 bits per heavy atom. The summed E-state index contributed by atoms with van der Waals surface area (Å²) in [6, 6.07) is 28.9. The molecule has 0 aliphatic carbocycles. The Morgan fingerprint density at radius 2 is 1.45 bits per heavy atom. The molecule has 4 heteroatoms. The van der Waals surface area contributed by atoms with Crippen molar-refractivity contribution in [1.29, 1.82) is 0 Å². The van der Waals surface area contributed by atoms with E-state index in [4.69, 9.17) is 7.85 Å². The van der Waals surface area contributed by atoms with Crippen molar-refractivity contribution in [3.63, 3.8) is 0 Å². The van der Waals surface area contributed by atoms with Crippen molar-refractivity contribution in [2.45, 2.75) is 26.1 Å². The van der Waals surface area contributed by atoms with Gasteiger partial charge in [-0.15, -0.1) is 0 Å². The van der Waals surface area contributed by atoms with Crippen LogP contribution >= 0.6 is 15.9 Å². The van der Waals surface area contributed by atoms with E-state index in [9.17, 15) is 0 Å². The average molecular weight is 469 g/mol. The molecule has 0 N–H and O–H groups in total. The van der Waals surface area contributed by atoms with Gasteiger partial charge in [-0.25, -0.2) is 4.98 Å². The van der Waals surface area contributed by atoms with Crippen molar-refractivity contribution in [3.05, 3.63) is 125 Å². The summed E-state index contributed by atoms with van der Waals surface area (Å²) in [6.45, 7) is 4.35. The van der Waals surface area contributed by atoms with Gasteiger partial charge < -0.3 is 4.57 Å². The molecule has 0 saturated heterocycles. The lowest BCUT2D eigenvalue weighted by atomic mass is 9.93. The van der Waals surface area contributed by atoms with E-state index in [2.05, 4.69) is 81.8 Å². The van der Waals surface area contributed by atoms with E-state index in [1.807, 2.05) is 61.1 Å². The van der Waals surface area contributed by atoms with Crippen molar-refractivity contribution in [1.82, 2.24) is 9.55 Å². The van der Waals surface area contributed by atoms with Crippen LogP contribution in [0.25, 0.3) is 11.3 Å². The Bertz CT molecular complexity index is 1040. The molecule has 0 saturated carbocycles. The predicted octanol–water partition coefficient (Wildman–Crippen LogP) is 7.46. The SMILES string of the molecule is CC(C)c1cncn1-c1ccc(Br)cc1.[B]CC=C(c1ccccc1)c1ccccc1. The molecule has 31 heavy (non-hydrogen) atoms. The van der Waals surface area contributed by atoms with Gasteiger partial charge in [0.25, 0.3) is 0 Å². The molecule has 4 aromatic rings. The highest BCUT2D eigenvalue weighted by Gasteiger charge is 2.07. The third-order valence-electron chi connectivity index (χ3n) is 4.86. The lowest BCUT2D eigenvalue weighted by molar-refractivity contribution is 0.787. The van der Waals surface area contributed by atoms with Gasteiger partial charge in [0.15, 0.2) is 0 Å². The number of halogens is 1. The number of nitrogens with zero attached hydrogens (tertiary/aromatic N) is 2. The highest BCUT2D eigenvalue weighted by molar-refractivity contribution is 9.10. The Morgan fingerprint density at radius 1 is 0.903 bits per heavy atom. The maximum atomic E-state index is 5.63. The Balaban J connectivity index is 0.000000176. The number of hydrogen-bond donors (Lipinski definition) is 0. The van der Waals surface area contributed by atoms with Crippen LogP contribution in [0.2, 0.25) is 6.32 Å². The summed E-state index contributed by atoms with van der Waals surface area (Å²) in [5, 5.41) is 0. The fourth-order valence-corrected chi connectivity index (χ4v) is 3.57. The molecule has 0 bridgehead atoms. The van der Waals surface area contributed by atoms with Gasteiger partial charge in [0.05, 0.1) is 14.2 Å². The van der Waals surface area contributed by atoms with Crippen LogP contribution in [0.3, 0.4) is 0 Å². The Hall–Kier alpha value is -2.85. The Kier molecular flexibility index (Phi) is 8.48. The molecule has 1 aromatic heterocycles. The zero-order chi connectivity index (χ0) is 22.1. The van der Waals surface area contributed by atoms with E-state index in [-0.39, 0.29) is 0 Å². The van der Waals surface area contributed by atoms with E-state index in [1.165, 1.54) is 22.4 Å². The molecule has 1 heterocycles. The fourth-order valence-electron chi connectivity index (χ4n) is 3.31. The number of rotatable bonds is 5. The van der Waals surface area contributed by atoms with Crippen LogP contribution in [0.5, 0.6) is 0 Å². The van der Waals surface area contributed by atoms with Crippen molar-refractivity contribution < 1.29 is 0 Å². The molecular weight excluding hydrogens is 443 g/mol. The first kappa shape index (κ1) is 22.8. The smallest absolute Gasteiger partial charge is 0.0994 e. The molecule has 3 aromatic carbocycles. The Labute approximate surface area is 195 Å². The minimum atomic E-state index is 0.483. The average Bonchev–Trinajstić information content (AvgIpc) is 3.30. The number of imidazole rings is 1. The van der Waals surface area contributed by atoms with Gasteiger partial charge in [-0.05, 0) is 46.9 Å². The summed E-state index contributed by atoms with van der Waals surface area (Å²) in [5.41, 5.74) is 6.00. The van der Waals surface area contributed by atoms with Gasteiger partial charge in [0.2, 0.25) is 0 Å². The van der Waals surface area contributed by atoms with Crippen molar-refractivity contribution in [3.8, 4) is 5.69 Å². The van der Waals surface area contributed by atoms with Gasteiger partial charge in [-0.1, -0.05) is 103 Å². The third-order valence-corrected chi connectivity index (χ3v) is 5.38. The van der Waals surface area contributed by atoms with E-state index in [1.54, 1.807) is 0 Å². The molecule has 0 aliphatic rings. The van der Waals surface area contributed by atoms with E-state index < -0.39 is 0 Å². The molecule has 0 aliphatic heterocycles. The summed E-state index contributed by atoms with van der Waals surface area (Å²) in [4.78, 5) is 4.19. The van der Waals surface area contributed by atoms with Crippen LogP contribution in [-0.4, -0.2) is 17.4 Å². The fraction of sp³-hybridized carbons (Fsp3) is 0.148. The molecule has 2 nitrogen and oxygen atoms in total. The monoisotopic (exact) mass is 468 g/mol. The zero-order valence-corrected chi connectivity index (χ0v) is 19.5. The van der Waals surface area contributed by atoms with Gasteiger partial charge in [-0.2, -0.15) is 0 Å². The summed E-state index contributed by atoms with van der Waals surface area (Å²) >= 11 is 3.43. The molecule has 0 fully saturated rings. The van der Waals surface area contributed by atoms with Crippen LogP contribution in [0.4, 0.5) is 0 Å². The molecule has 0 amide bonds. The summed E-state index contributed by atoms with van der Waals surface area (Å²) < 4.78 is 3.22. The summed E-state index contributed by atoms with van der Waals surface area (Å²) in [6.07, 6.45) is 6.40. The molecule has 154 valence electrons. The maximum absolute atomic E-state index is 5.63. The third kappa shape index (κ3) is 6.32. The maximum Gasteiger partial charge on any atom is 0.0994 e. The number of benzene rings is 3. The van der Waals surface area contributed by atoms with Crippen LogP contribution in [0.1, 0.15) is 36.6 Å². The normalized spacial score (nSPS) is 10.3. The highest BCUT2D eigenvalue weighted by atomic mass is 79.9. The second kappa shape index (κ2) is 11.5. The number of aromatic nitrogens is 2. The van der Waals surface area contributed by atoms with Crippen LogP contribution in [0, 0.1) is 0 Å². The van der Waals surface area contributed by atoms with Crippen molar-refractivity contribution in [2.75, 3.05) is 0 Å². The minimum absolute atomic E-state index is 0.483. The quantitative estimate of drug-likeness (QED) is 0.278. The predicted molar refractivity (Wildman–Crippen MR) is 136 cm³/mol. The molecule has 2 radical (unpaired) electrons. The second-order valence-electron chi connectivity index (χ2n) is 7.41. The molecule has 4 rings (SSSR count). The van der Waals surface area contributed by atoms with Gasteiger partial charge >= 0.3 is 0 Å². The largest absolute Gasteiger partial charge is 0.303 e. The van der Waals surface area contributed by atoms with E-state index >= 15 is 0 Å². The molecule has 0 spiro atoms. The summed E-state index contributed by atoms with van der Waals surface area (Å²) in [7, 11) is 5.63. The lowest BCUT2D eigenvalue weighted by Gasteiger charge is -2.10. The van der Waals surface area contributed by atoms with E-state index in [0.717, 1.165) is 10.2 Å². The first-order valence-electron chi connectivity index (χ1n) is 10.4. The van der Waals surface area contributed by atoms with Gasteiger partial charge in [0.1, 0.15) is 0 Å². The van der Waals surface area contributed by atoms with Crippen LogP contribution < -0.4 is 0 Å². The molecule has 0 atom stereocenters. The molecular formula is C27H26BBrN2. The highest BCUT2D eigenvalue weighted by Crippen LogP contribution is 2.23. The van der Waals surface area contributed by atoms with E-state index in [0.29, 0.717) is 12.2 Å². The first-order chi connectivity index (χ1) is 15.1. The lowest BCUT2D eigenvalue weighted by Crippen LogP contribution is -1.99. The van der Waals surface area contributed by atoms with Gasteiger partial charge in [-0.3, -0.25) is 0 Å². The molecule has 0 unspecified atom stereocenters. The first-order valence-corrected chi connectivity index (χ1v) is 11.2. The number of allylic oxidation sites excluding steroid dienone is 1. The van der Waals surface area contributed by atoms with Crippen molar-refractivity contribution >= 4 is 29.3 Å². The topological polar surface area (TPSA) is 17.8 Å². The summed E-state index contributed by atoms with van der Waals surface area (Å²) in [5.74, 6) is 0.483. The van der Waals surface area contributed by atoms with Gasteiger partial charge in [0, 0.05) is 22.1 Å². The minimum Gasteiger partial charge on any atom is -0.303 e. The second-order valence-corrected chi connectivity index (χ2v) is 8.32. The zero-order valence-electron chi connectivity index (χ0n) is 17.9. The standard InChI is InChI=1S/C15H13B.C12H13BrN2/c16-12-11-15(13-7-3-1-4-8-13)14-9-5-2-6-10-14;1-9(2)12-7-14-8-15(12)11-5-3-10(13)4-6-11/h1-11H,12H2;3-9H,1-2H3. The van der Waals surface area contributed by atoms with Crippen LogP contribution in [0.15, 0.2) is 108 Å². The van der Waals surface area contributed by atoms with Crippen molar-refractivity contribution in [2.24, 2.45) is 0 Å². The van der Waals surface area contributed by atoms with Crippen LogP contribution in [-0.2, 0) is 0 Å². The number of hydrogen-bond acceptors (Lipinski definition) is 1.